The number of rotatable bonds is 2. The Morgan fingerprint density at radius 1 is 0.538 bits per heavy atom. The molecular weight excluding hydrogens is 339 g/mol. The first-order chi connectivity index (χ1) is 6.45. The summed E-state index contributed by atoms with van der Waals surface area (Å²) in [5, 5.41) is 0. The summed E-state index contributed by atoms with van der Waals surface area (Å²) in [6.07, 6.45) is 15.7. The maximum atomic E-state index is 1.60. The summed E-state index contributed by atoms with van der Waals surface area (Å²) >= 11 is 0.572. The minimum absolute atomic E-state index is 0.572. The van der Waals surface area contributed by atoms with Crippen LogP contribution >= 0.6 is 0 Å². The van der Waals surface area contributed by atoms with Crippen LogP contribution in [-0.2, 0) is 18.6 Å². The van der Waals surface area contributed by atoms with Gasteiger partial charge < -0.3 is 0 Å². The van der Waals surface area contributed by atoms with Gasteiger partial charge in [0.05, 0.1) is 0 Å². The molecule has 0 bridgehead atoms. The number of hydrogen-bond donors (Lipinski definition) is 0. The Hall–Kier alpha value is 0.688. The van der Waals surface area contributed by atoms with Crippen molar-refractivity contribution in [2.45, 2.75) is 72.8 Å². The maximum absolute atomic E-state index is 1.60. The molecule has 2 saturated carbocycles. The molecule has 13 heavy (non-hydrogen) atoms. The van der Waals surface area contributed by atoms with E-state index in [9.17, 15) is 0 Å². The van der Waals surface area contributed by atoms with Gasteiger partial charge in [0.1, 0.15) is 0 Å². The Kier molecular flexibility index (Phi) is 4.35. The third-order valence-electron chi connectivity index (χ3n) is 3.30. The van der Waals surface area contributed by atoms with Gasteiger partial charge in [-0.15, -0.1) is 0 Å². The van der Waals surface area contributed by atoms with Crippen molar-refractivity contribution in [2.75, 3.05) is 0 Å². The summed E-state index contributed by atoms with van der Waals surface area (Å²) < 4.78 is 2.47. The van der Waals surface area contributed by atoms with Crippen molar-refractivity contribution in [3.8, 4) is 0 Å². The summed E-state index contributed by atoms with van der Waals surface area (Å²) in [6, 6.07) is 0. The summed E-state index contributed by atoms with van der Waals surface area (Å²) in [6.45, 7) is 0. The summed E-state index contributed by atoms with van der Waals surface area (Å²) in [7, 11) is 0. The number of hydrogen-bond acceptors (Lipinski definition) is 0. The van der Waals surface area contributed by atoms with E-state index in [1.165, 1.54) is 21.5 Å². The standard InChI is InChI=1S/2C6H11.Pt/c2*1-2-4-6-5-3-1;/h2*1H,2-6H2;. The molecule has 0 unspecified atom stereocenters. The van der Waals surface area contributed by atoms with Crippen LogP contribution in [-0.4, -0.2) is 0 Å². The molecule has 2 aliphatic carbocycles. The van der Waals surface area contributed by atoms with E-state index >= 15 is 0 Å². The molecule has 0 N–H and O–H groups in total. The van der Waals surface area contributed by atoms with Crippen LogP contribution in [0.25, 0.3) is 0 Å². The fourth-order valence-corrected chi connectivity index (χ4v) is 7.36. The molecule has 0 spiro atoms. The van der Waals surface area contributed by atoms with E-state index in [-0.39, 0.29) is 0 Å². The van der Waals surface area contributed by atoms with Gasteiger partial charge in [0.25, 0.3) is 0 Å². The Balaban J connectivity index is 1.69. The fraction of sp³-hybridized carbons (Fsp3) is 1.00. The molecule has 2 rings (SSSR count). The molecule has 0 atom stereocenters. The predicted octanol–water partition coefficient (Wildman–Crippen LogP) is 4.57. The molecule has 2 fully saturated rings. The zero-order valence-corrected chi connectivity index (χ0v) is 10.8. The molecule has 0 amide bonds. The van der Waals surface area contributed by atoms with Gasteiger partial charge in [0, 0.05) is 0 Å². The first kappa shape index (κ1) is 10.2. The van der Waals surface area contributed by atoms with Crippen molar-refractivity contribution in [3.63, 3.8) is 0 Å². The second-order valence-corrected chi connectivity index (χ2v) is 8.94. The van der Waals surface area contributed by atoms with Crippen LogP contribution in [0.2, 0.25) is 8.62 Å². The van der Waals surface area contributed by atoms with E-state index in [4.69, 9.17) is 0 Å². The van der Waals surface area contributed by atoms with E-state index < -0.39 is 0 Å². The van der Waals surface area contributed by atoms with Crippen molar-refractivity contribution in [3.05, 3.63) is 0 Å². The topological polar surface area (TPSA) is 0 Å². The van der Waals surface area contributed by atoms with Crippen molar-refractivity contribution < 1.29 is 18.6 Å². The van der Waals surface area contributed by atoms with Gasteiger partial charge in [-0.25, -0.2) is 0 Å². The van der Waals surface area contributed by atoms with Gasteiger partial charge in [-0.1, -0.05) is 0 Å². The molecule has 80 valence electrons. The van der Waals surface area contributed by atoms with E-state index in [1.54, 1.807) is 51.4 Å². The molecule has 2 aliphatic rings. The summed E-state index contributed by atoms with van der Waals surface area (Å²) in [5.41, 5.74) is 0. The minimum atomic E-state index is 0.572. The second-order valence-electron chi connectivity index (χ2n) is 4.48. The van der Waals surface area contributed by atoms with Crippen molar-refractivity contribution in [1.29, 1.82) is 0 Å². The average molecular weight is 361 g/mol. The summed E-state index contributed by atoms with van der Waals surface area (Å²) in [4.78, 5) is 0. The van der Waals surface area contributed by atoms with Gasteiger partial charge in [-0.2, -0.15) is 0 Å². The molecule has 0 aromatic rings. The first-order valence-electron chi connectivity index (χ1n) is 6.00. The van der Waals surface area contributed by atoms with Crippen LogP contribution in [0.4, 0.5) is 0 Å². The fourth-order valence-electron chi connectivity index (χ4n) is 2.48. The van der Waals surface area contributed by atoms with Crippen LogP contribution < -0.4 is 0 Å². The van der Waals surface area contributed by atoms with E-state index in [0.29, 0.717) is 18.6 Å². The van der Waals surface area contributed by atoms with Crippen LogP contribution in [0.15, 0.2) is 0 Å². The van der Waals surface area contributed by atoms with Gasteiger partial charge in [-0.05, 0) is 0 Å². The van der Waals surface area contributed by atoms with Crippen LogP contribution in [0, 0.1) is 0 Å². The summed E-state index contributed by atoms with van der Waals surface area (Å²) in [5.74, 6) is 0. The van der Waals surface area contributed by atoms with Gasteiger partial charge in [0.2, 0.25) is 0 Å². The predicted molar refractivity (Wildman–Crippen MR) is 53.7 cm³/mol. The van der Waals surface area contributed by atoms with Crippen LogP contribution in [0.3, 0.4) is 0 Å². The van der Waals surface area contributed by atoms with Crippen LogP contribution in [0.1, 0.15) is 64.2 Å². The average Bonchev–Trinajstić information content (AvgIpc) is 2.21. The molecule has 0 nitrogen and oxygen atoms in total. The SMILES string of the molecule is C1CC[CH]([Pt][CH]2CCCCC2)CC1. The molecule has 0 aromatic carbocycles. The third kappa shape index (κ3) is 3.39. The van der Waals surface area contributed by atoms with Crippen molar-refractivity contribution in [1.82, 2.24) is 0 Å². The molecule has 0 aromatic heterocycles. The van der Waals surface area contributed by atoms with Gasteiger partial charge in [0.15, 0.2) is 0 Å². The van der Waals surface area contributed by atoms with E-state index in [0.717, 1.165) is 0 Å². The Morgan fingerprint density at radius 2 is 0.923 bits per heavy atom. The van der Waals surface area contributed by atoms with Crippen molar-refractivity contribution in [2.24, 2.45) is 0 Å². The third-order valence-corrected chi connectivity index (χ3v) is 8.06. The zero-order valence-electron chi connectivity index (χ0n) is 8.54. The Labute approximate surface area is 91.4 Å². The molecule has 0 heterocycles. The molecule has 0 saturated heterocycles. The Bertz CT molecular complexity index is 116. The molecular formula is C12H22Pt. The molecule has 0 aliphatic heterocycles. The second kappa shape index (κ2) is 5.54. The monoisotopic (exact) mass is 361 g/mol. The Morgan fingerprint density at radius 3 is 1.31 bits per heavy atom. The first-order valence-corrected chi connectivity index (χ1v) is 8.62. The van der Waals surface area contributed by atoms with Gasteiger partial charge >= 0.3 is 91.4 Å². The molecule has 0 radical (unpaired) electrons. The normalized spacial score (nSPS) is 28.0. The van der Waals surface area contributed by atoms with E-state index in [2.05, 4.69) is 0 Å². The van der Waals surface area contributed by atoms with Gasteiger partial charge in [-0.3, -0.25) is 0 Å². The van der Waals surface area contributed by atoms with E-state index in [1.807, 2.05) is 0 Å². The molecule has 1 heteroatoms. The van der Waals surface area contributed by atoms with Crippen molar-refractivity contribution >= 4 is 0 Å². The quantitative estimate of drug-likeness (QED) is 0.676. The van der Waals surface area contributed by atoms with Crippen LogP contribution in [0.5, 0.6) is 0 Å². The zero-order chi connectivity index (χ0) is 8.93.